The van der Waals surface area contributed by atoms with Crippen LogP contribution in [-0.2, 0) is 6.54 Å². The third kappa shape index (κ3) is 1.70. The van der Waals surface area contributed by atoms with Gasteiger partial charge in [-0.15, -0.1) is 0 Å². The highest BCUT2D eigenvalue weighted by molar-refractivity contribution is 5.79. The van der Waals surface area contributed by atoms with Gasteiger partial charge in [-0.1, -0.05) is 13.0 Å². The SMILES string of the molecule is CCC1(Cn2c(N)nc3cc(C)ccc32)CC1. The van der Waals surface area contributed by atoms with E-state index in [0.717, 1.165) is 12.1 Å². The number of nitrogens with zero attached hydrogens (tertiary/aromatic N) is 2. The molecule has 1 saturated carbocycles. The Morgan fingerprint density at radius 3 is 2.82 bits per heavy atom. The van der Waals surface area contributed by atoms with Gasteiger partial charge in [0.1, 0.15) is 0 Å². The normalized spacial score (nSPS) is 17.5. The summed E-state index contributed by atoms with van der Waals surface area (Å²) in [5.74, 6) is 0.658. The third-order valence-corrected chi connectivity index (χ3v) is 4.13. The molecular weight excluding hydrogens is 210 g/mol. The van der Waals surface area contributed by atoms with Gasteiger partial charge >= 0.3 is 0 Å². The van der Waals surface area contributed by atoms with E-state index in [1.54, 1.807) is 0 Å². The van der Waals surface area contributed by atoms with Gasteiger partial charge in [-0.05, 0) is 49.3 Å². The Bertz CT molecular complexity index is 564. The number of benzene rings is 1. The van der Waals surface area contributed by atoms with Crippen LogP contribution in [0.25, 0.3) is 11.0 Å². The van der Waals surface area contributed by atoms with Crippen LogP contribution in [0, 0.1) is 12.3 Å². The molecule has 1 heterocycles. The topological polar surface area (TPSA) is 43.8 Å². The molecule has 1 aliphatic carbocycles. The number of fused-ring (bicyclic) bond motifs is 1. The number of hydrogen-bond acceptors (Lipinski definition) is 2. The van der Waals surface area contributed by atoms with Crippen LogP contribution < -0.4 is 5.73 Å². The molecule has 1 fully saturated rings. The number of imidazole rings is 1. The molecule has 0 spiro atoms. The van der Waals surface area contributed by atoms with Gasteiger partial charge in [-0.2, -0.15) is 0 Å². The second-order valence-corrected chi connectivity index (χ2v) is 5.40. The fourth-order valence-electron chi connectivity index (χ4n) is 2.56. The van der Waals surface area contributed by atoms with Crippen molar-refractivity contribution < 1.29 is 0 Å². The Hall–Kier alpha value is -1.51. The average Bonchev–Trinajstić information content (AvgIpc) is 3.01. The molecular formula is C14H19N3. The fourth-order valence-corrected chi connectivity index (χ4v) is 2.56. The zero-order chi connectivity index (χ0) is 12.0. The zero-order valence-corrected chi connectivity index (χ0v) is 10.5. The van der Waals surface area contributed by atoms with E-state index in [1.807, 2.05) is 0 Å². The average molecular weight is 229 g/mol. The molecule has 0 amide bonds. The van der Waals surface area contributed by atoms with E-state index in [4.69, 9.17) is 5.73 Å². The summed E-state index contributed by atoms with van der Waals surface area (Å²) in [7, 11) is 0. The van der Waals surface area contributed by atoms with Crippen molar-refractivity contribution in [3.63, 3.8) is 0 Å². The zero-order valence-electron chi connectivity index (χ0n) is 10.5. The second-order valence-electron chi connectivity index (χ2n) is 5.40. The number of aryl methyl sites for hydroxylation is 1. The summed E-state index contributed by atoms with van der Waals surface area (Å²) < 4.78 is 2.19. The first-order valence-corrected chi connectivity index (χ1v) is 6.36. The molecule has 17 heavy (non-hydrogen) atoms. The Kier molecular flexibility index (Phi) is 2.18. The van der Waals surface area contributed by atoms with Gasteiger partial charge in [0, 0.05) is 6.54 Å². The van der Waals surface area contributed by atoms with Gasteiger partial charge in [0.05, 0.1) is 11.0 Å². The minimum absolute atomic E-state index is 0.493. The lowest BCUT2D eigenvalue weighted by Crippen LogP contribution is -2.12. The van der Waals surface area contributed by atoms with Crippen molar-refractivity contribution in [3.05, 3.63) is 23.8 Å². The molecule has 0 unspecified atom stereocenters. The second kappa shape index (κ2) is 3.49. The molecule has 0 atom stereocenters. The molecule has 1 aliphatic rings. The van der Waals surface area contributed by atoms with E-state index < -0.39 is 0 Å². The van der Waals surface area contributed by atoms with Crippen LogP contribution in [0.4, 0.5) is 5.95 Å². The van der Waals surface area contributed by atoms with E-state index in [2.05, 4.69) is 41.6 Å². The van der Waals surface area contributed by atoms with Crippen molar-refractivity contribution in [1.29, 1.82) is 0 Å². The van der Waals surface area contributed by atoms with Crippen LogP contribution >= 0.6 is 0 Å². The van der Waals surface area contributed by atoms with E-state index in [1.165, 1.54) is 30.3 Å². The standard InChI is InChI=1S/C14H19N3/c1-3-14(6-7-14)9-17-12-5-4-10(2)8-11(12)16-13(17)15/h4-5,8H,3,6-7,9H2,1-2H3,(H2,15,16). The van der Waals surface area contributed by atoms with Crippen LogP contribution in [0.2, 0.25) is 0 Å². The van der Waals surface area contributed by atoms with Crippen LogP contribution in [0.3, 0.4) is 0 Å². The van der Waals surface area contributed by atoms with Crippen LogP contribution in [0.15, 0.2) is 18.2 Å². The summed E-state index contributed by atoms with van der Waals surface area (Å²) in [6, 6.07) is 6.37. The van der Waals surface area contributed by atoms with E-state index in [9.17, 15) is 0 Å². The lowest BCUT2D eigenvalue weighted by molar-refractivity contribution is 0.418. The summed E-state index contributed by atoms with van der Waals surface area (Å²) in [5, 5.41) is 0. The van der Waals surface area contributed by atoms with Gasteiger partial charge in [0.2, 0.25) is 5.95 Å². The maximum Gasteiger partial charge on any atom is 0.201 e. The summed E-state index contributed by atoms with van der Waals surface area (Å²) >= 11 is 0. The summed E-state index contributed by atoms with van der Waals surface area (Å²) in [4.78, 5) is 4.46. The highest BCUT2D eigenvalue weighted by atomic mass is 15.2. The van der Waals surface area contributed by atoms with Crippen molar-refractivity contribution in [2.45, 2.75) is 39.7 Å². The monoisotopic (exact) mass is 229 g/mol. The fraction of sp³-hybridized carbons (Fsp3) is 0.500. The van der Waals surface area contributed by atoms with Gasteiger partial charge in [-0.3, -0.25) is 0 Å². The number of nitrogen functional groups attached to an aromatic ring is 1. The van der Waals surface area contributed by atoms with Gasteiger partial charge in [-0.25, -0.2) is 4.98 Å². The molecule has 1 aromatic heterocycles. The predicted molar refractivity (Wildman–Crippen MR) is 70.8 cm³/mol. The molecule has 2 aromatic rings. The molecule has 0 aliphatic heterocycles. The first-order valence-electron chi connectivity index (χ1n) is 6.36. The van der Waals surface area contributed by atoms with E-state index in [0.29, 0.717) is 11.4 Å². The highest BCUT2D eigenvalue weighted by Gasteiger charge is 2.41. The quantitative estimate of drug-likeness (QED) is 0.878. The van der Waals surface area contributed by atoms with Crippen LogP contribution in [-0.4, -0.2) is 9.55 Å². The molecule has 90 valence electrons. The Balaban J connectivity index is 2.06. The Morgan fingerprint density at radius 2 is 2.18 bits per heavy atom. The molecule has 0 radical (unpaired) electrons. The summed E-state index contributed by atoms with van der Waals surface area (Å²) in [6.07, 6.45) is 3.89. The molecule has 0 bridgehead atoms. The highest BCUT2D eigenvalue weighted by Crippen LogP contribution is 2.50. The van der Waals surface area contributed by atoms with E-state index in [-0.39, 0.29) is 0 Å². The first-order chi connectivity index (χ1) is 8.13. The Morgan fingerprint density at radius 1 is 1.41 bits per heavy atom. The maximum atomic E-state index is 6.04. The minimum atomic E-state index is 0.493. The van der Waals surface area contributed by atoms with Crippen molar-refractivity contribution >= 4 is 17.0 Å². The molecule has 3 rings (SSSR count). The largest absolute Gasteiger partial charge is 0.369 e. The lowest BCUT2D eigenvalue weighted by Gasteiger charge is -2.15. The van der Waals surface area contributed by atoms with Crippen molar-refractivity contribution in [2.24, 2.45) is 5.41 Å². The van der Waals surface area contributed by atoms with Crippen LogP contribution in [0.1, 0.15) is 31.7 Å². The molecule has 2 N–H and O–H groups in total. The van der Waals surface area contributed by atoms with Crippen molar-refractivity contribution in [2.75, 3.05) is 5.73 Å². The number of aromatic nitrogens is 2. The summed E-state index contributed by atoms with van der Waals surface area (Å²) in [6.45, 7) is 5.38. The minimum Gasteiger partial charge on any atom is -0.369 e. The van der Waals surface area contributed by atoms with E-state index >= 15 is 0 Å². The number of hydrogen-bond donors (Lipinski definition) is 1. The lowest BCUT2D eigenvalue weighted by atomic mass is 10.0. The van der Waals surface area contributed by atoms with Crippen molar-refractivity contribution in [1.82, 2.24) is 9.55 Å². The number of nitrogens with two attached hydrogens (primary N) is 1. The molecule has 3 heteroatoms. The summed E-state index contributed by atoms with van der Waals surface area (Å²) in [5.41, 5.74) is 9.97. The van der Waals surface area contributed by atoms with Crippen molar-refractivity contribution in [3.8, 4) is 0 Å². The van der Waals surface area contributed by atoms with Gasteiger partial charge < -0.3 is 10.3 Å². The first kappa shape index (κ1) is 10.6. The number of anilines is 1. The molecule has 3 nitrogen and oxygen atoms in total. The van der Waals surface area contributed by atoms with Gasteiger partial charge in [0.15, 0.2) is 0 Å². The maximum absolute atomic E-state index is 6.04. The smallest absolute Gasteiger partial charge is 0.201 e. The third-order valence-electron chi connectivity index (χ3n) is 4.13. The molecule has 1 aromatic carbocycles. The predicted octanol–water partition coefficient (Wildman–Crippen LogP) is 3.12. The number of rotatable bonds is 3. The van der Waals surface area contributed by atoms with Crippen LogP contribution in [0.5, 0.6) is 0 Å². The van der Waals surface area contributed by atoms with Gasteiger partial charge in [0.25, 0.3) is 0 Å². The molecule has 0 saturated heterocycles. The Labute approximate surface area is 102 Å².